The molecule has 3 heterocycles. The smallest absolute Gasteiger partial charge is 0.254 e. The van der Waals surface area contributed by atoms with Crippen molar-refractivity contribution in [3.63, 3.8) is 0 Å². The highest BCUT2D eigenvalue weighted by molar-refractivity contribution is 6.08. The van der Waals surface area contributed by atoms with E-state index < -0.39 is 0 Å². The second kappa shape index (κ2) is 7.84. The van der Waals surface area contributed by atoms with Gasteiger partial charge in [0.25, 0.3) is 5.91 Å². The van der Waals surface area contributed by atoms with E-state index >= 15 is 0 Å². The number of amides is 1. The molecule has 1 saturated heterocycles. The Labute approximate surface area is 176 Å². The lowest BCUT2D eigenvalue weighted by molar-refractivity contribution is 0.0618. The highest BCUT2D eigenvalue weighted by Gasteiger charge is 2.28. The molecule has 1 fully saturated rings. The van der Waals surface area contributed by atoms with Crippen molar-refractivity contribution >= 4 is 16.8 Å². The topological polar surface area (TPSA) is 62.5 Å². The summed E-state index contributed by atoms with van der Waals surface area (Å²) in [5.74, 6) is 1.05. The second-order valence-corrected chi connectivity index (χ2v) is 8.64. The summed E-state index contributed by atoms with van der Waals surface area (Å²) in [6.07, 6.45) is 4.23. The Morgan fingerprint density at radius 2 is 1.87 bits per heavy atom. The van der Waals surface area contributed by atoms with Gasteiger partial charge in [-0.05, 0) is 57.2 Å². The molecule has 3 aromatic rings. The molecule has 6 heteroatoms. The van der Waals surface area contributed by atoms with E-state index in [2.05, 4.69) is 35.2 Å². The van der Waals surface area contributed by atoms with Crippen molar-refractivity contribution in [1.82, 2.24) is 19.9 Å². The van der Waals surface area contributed by atoms with Gasteiger partial charge < -0.3 is 9.42 Å². The number of fused-ring (bicyclic) bond motifs is 2. The summed E-state index contributed by atoms with van der Waals surface area (Å²) >= 11 is 0. The van der Waals surface area contributed by atoms with Gasteiger partial charge in [-0.3, -0.25) is 14.7 Å². The van der Waals surface area contributed by atoms with Crippen LogP contribution in [0.2, 0.25) is 0 Å². The summed E-state index contributed by atoms with van der Waals surface area (Å²) in [5, 5.41) is 4.98. The lowest BCUT2D eigenvalue weighted by atomic mass is 9.89. The number of hydrogen-bond donors (Lipinski definition) is 0. The number of hydrogen-bond acceptors (Lipinski definition) is 5. The monoisotopic (exact) mass is 404 g/mol. The molecule has 0 radical (unpaired) electrons. The third-order valence-electron chi connectivity index (χ3n) is 6.35. The highest BCUT2D eigenvalue weighted by Crippen LogP contribution is 2.31. The first-order valence-corrected chi connectivity index (χ1v) is 10.9. The number of aromatic nitrogens is 2. The average Bonchev–Trinajstić information content (AvgIpc) is 3.16. The molecule has 2 aromatic heterocycles. The van der Waals surface area contributed by atoms with Crippen molar-refractivity contribution in [3.05, 3.63) is 58.1 Å². The molecule has 0 N–H and O–H groups in total. The molecule has 30 heavy (non-hydrogen) atoms. The second-order valence-electron chi connectivity index (χ2n) is 8.64. The largest absolute Gasteiger partial charge is 0.360 e. The summed E-state index contributed by atoms with van der Waals surface area (Å²) in [6.45, 7) is 7.91. The predicted molar refractivity (Wildman–Crippen MR) is 116 cm³/mol. The summed E-state index contributed by atoms with van der Waals surface area (Å²) in [5.41, 5.74) is 6.23. The Morgan fingerprint density at radius 3 is 2.63 bits per heavy atom. The first kappa shape index (κ1) is 19.2. The molecule has 1 aliphatic heterocycles. The van der Waals surface area contributed by atoms with Gasteiger partial charge in [0, 0.05) is 43.3 Å². The average molecular weight is 405 g/mol. The van der Waals surface area contributed by atoms with Crippen molar-refractivity contribution in [3.8, 4) is 0 Å². The van der Waals surface area contributed by atoms with Crippen molar-refractivity contribution < 1.29 is 9.32 Å². The Bertz CT molecular complexity index is 1100. The molecular formula is C24H28N4O2. The number of piperazine rings is 1. The zero-order valence-corrected chi connectivity index (χ0v) is 17.8. The van der Waals surface area contributed by atoms with Crippen molar-refractivity contribution in [2.24, 2.45) is 0 Å². The molecular weight excluding hydrogens is 376 g/mol. The zero-order chi connectivity index (χ0) is 20.7. The van der Waals surface area contributed by atoms with E-state index in [1.54, 1.807) is 0 Å². The van der Waals surface area contributed by atoms with Gasteiger partial charge >= 0.3 is 0 Å². The molecule has 156 valence electrons. The van der Waals surface area contributed by atoms with Crippen LogP contribution in [-0.4, -0.2) is 52.0 Å². The van der Waals surface area contributed by atoms with Gasteiger partial charge in [0.2, 0.25) is 0 Å². The Hall–Kier alpha value is -2.73. The maximum Gasteiger partial charge on any atom is 0.254 e. The molecule has 2 aliphatic rings. The Balaban J connectivity index is 1.40. The first-order chi connectivity index (χ1) is 14.6. The van der Waals surface area contributed by atoms with Crippen LogP contribution in [0.4, 0.5) is 0 Å². The van der Waals surface area contributed by atoms with E-state index in [0.717, 1.165) is 92.0 Å². The van der Waals surface area contributed by atoms with Gasteiger partial charge in [-0.15, -0.1) is 0 Å². The van der Waals surface area contributed by atoms with Crippen LogP contribution < -0.4 is 0 Å². The van der Waals surface area contributed by atoms with Gasteiger partial charge in [-0.25, -0.2) is 0 Å². The molecule has 0 saturated carbocycles. The van der Waals surface area contributed by atoms with Crippen molar-refractivity contribution in [2.45, 2.75) is 46.1 Å². The van der Waals surface area contributed by atoms with Gasteiger partial charge in [-0.1, -0.05) is 16.8 Å². The van der Waals surface area contributed by atoms with E-state index in [-0.39, 0.29) is 5.91 Å². The Morgan fingerprint density at radius 1 is 1.07 bits per heavy atom. The van der Waals surface area contributed by atoms with Gasteiger partial charge in [0.1, 0.15) is 0 Å². The minimum absolute atomic E-state index is 0.168. The third kappa shape index (κ3) is 3.60. The number of nitrogens with zero attached hydrogens (tertiary/aromatic N) is 4. The SMILES string of the molecule is Cc1ccc2nc3c(c(C(=O)N4CCN(Cc5cc(C)no5)CC4)c2c1)CCCC3. The molecule has 0 bridgehead atoms. The molecule has 0 atom stereocenters. The highest BCUT2D eigenvalue weighted by atomic mass is 16.5. The number of carbonyl (C=O) groups excluding carboxylic acids is 1. The normalized spacial score (nSPS) is 17.3. The lowest BCUT2D eigenvalue weighted by Gasteiger charge is -2.35. The van der Waals surface area contributed by atoms with Crippen LogP contribution >= 0.6 is 0 Å². The maximum absolute atomic E-state index is 13.7. The van der Waals surface area contributed by atoms with Crippen LogP contribution in [0.25, 0.3) is 10.9 Å². The zero-order valence-electron chi connectivity index (χ0n) is 17.8. The van der Waals surface area contributed by atoms with Gasteiger partial charge in [-0.2, -0.15) is 0 Å². The number of benzene rings is 1. The fraction of sp³-hybridized carbons (Fsp3) is 0.458. The maximum atomic E-state index is 13.7. The summed E-state index contributed by atoms with van der Waals surface area (Å²) < 4.78 is 5.35. The fourth-order valence-electron chi connectivity index (χ4n) is 4.76. The van der Waals surface area contributed by atoms with Crippen LogP contribution in [0.1, 0.15) is 51.5 Å². The van der Waals surface area contributed by atoms with E-state index in [1.807, 2.05) is 17.9 Å². The first-order valence-electron chi connectivity index (χ1n) is 10.9. The summed E-state index contributed by atoms with van der Waals surface area (Å²) in [6, 6.07) is 8.26. The Kier molecular flexibility index (Phi) is 5.03. The quantitative estimate of drug-likeness (QED) is 0.666. The fourth-order valence-corrected chi connectivity index (χ4v) is 4.76. The van der Waals surface area contributed by atoms with E-state index in [9.17, 15) is 4.79 Å². The minimum Gasteiger partial charge on any atom is -0.360 e. The molecule has 0 unspecified atom stereocenters. The van der Waals surface area contributed by atoms with Crippen molar-refractivity contribution in [1.29, 1.82) is 0 Å². The number of pyridine rings is 1. The third-order valence-corrected chi connectivity index (χ3v) is 6.35. The van der Waals surface area contributed by atoms with Crippen LogP contribution in [0.5, 0.6) is 0 Å². The summed E-state index contributed by atoms with van der Waals surface area (Å²) in [7, 11) is 0. The van der Waals surface area contributed by atoms with Crippen molar-refractivity contribution in [2.75, 3.05) is 26.2 Å². The molecule has 0 spiro atoms. The lowest BCUT2D eigenvalue weighted by Crippen LogP contribution is -2.48. The van der Waals surface area contributed by atoms with E-state index in [0.29, 0.717) is 0 Å². The number of carbonyl (C=O) groups is 1. The molecule has 5 rings (SSSR count). The number of aryl methyl sites for hydroxylation is 3. The van der Waals surface area contributed by atoms with Crippen LogP contribution in [0.15, 0.2) is 28.8 Å². The predicted octanol–water partition coefficient (Wildman–Crippen LogP) is 3.68. The molecule has 6 nitrogen and oxygen atoms in total. The summed E-state index contributed by atoms with van der Waals surface area (Å²) in [4.78, 5) is 23.0. The van der Waals surface area contributed by atoms with E-state index in [4.69, 9.17) is 9.51 Å². The van der Waals surface area contributed by atoms with Crippen LogP contribution in [0, 0.1) is 13.8 Å². The minimum atomic E-state index is 0.168. The van der Waals surface area contributed by atoms with Crippen LogP contribution in [0.3, 0.4) is 0 Å². The molecule has 1 amide bonds. The van der Waals surface area contributed by atoms with Gasteiger partial charge in [0.05, 0.1) is 23.3 Å². The number of rotatable bonds is 3. The molecule has 1 aromatic carbocycles. The molecule has 1 aliphatic carbocycles. The van der Waals surface area contributed by atoms with Gasteiger partial charge in [0.15, 0.2) is 5.76 Å². The van der Waals surface area contributed by atoms with Crippen LogP contribution in [-0.2, 0) is 19.4 Å². The van der Waals surface area contributed by atoms with E-state index in [1.165, 1.54) is 11.1 Å². The standard InChI is InChI=1S/C24H28N4O2/c1-16-7-8-22-20(13-16)23(19-5-3-4-6-21(19)25-22)24(29)28-11-9-27(10-12-28)15-18-14-17(2)26-30-18/h7-8,13-14H,3-6,9-12,15H2,1-2H3.